The average Bonchev–Trinajstić information content (AvgIpc) is 3.23. The predicted molar refractivity (Wildman–Crippen MR) is 89.0 cm³/mol. The Labute approximate surface area is 141 Å². The van der Waals surface area contributed by atoms with E-state index in [1.54, 1.807) is 6.20 Å². The molecule has 0 spiro atoms. The highest BCUT2D eigenvalue weighted by Crippen LogP contribution is 2.52. The molecule has 2 aliphatic carbocycles. The van der Waals surface area contributed by atoms with Crippen molar-refractivity contribution in [2.24, 2.45) is 23.7 Å². The summed E-state index contributed by atoms with van der Waals surface area (Å²) in [6, 6.07) is 0. The summed E-state index contributed by atoms with van der Waals surface area (Å²) in [6.45, 7) is 5.04. The molecule has 2 amide bonds. The van der Waals surface area contributed by atoms with Crippen LogP contribution in [-0.2, 0) is 9.59 Å². The molecule has 1 saturated carbocycles. The molecule has 1 aromatic rings. The number of hydrogen-bond acceptors (Lipinski definition) is 5. The van der Waals surface area contributed by atoms with E-state index in [1.165, 1.54) is 4.90 Å². The van der Waals surface area contributed by atoms with E-state index >= 15 is 0 Å². The normalized spacial score (nSPS) is 30.3. The first-order valence-corrected chi connectivity index (χ1v) is 8.64. The Morgan fingerprint density at radius 3 is 2.46 bits per heavy atom. The number of likely N-dealkylation sites (tertiary alicyclic amines) is 1. The molecule has 6 nitrogen and oxygen atoms in total. The minimum atomic E-state index is -0.0939. The highest BCUT2D eigenvalue weighted by atomic mass is 16.2. The van der Waals surface area contributed by atoms with Gasteiger partial charge in [0.1, 0.15) is 0 Å². The summed E-state index contributed by atoms with van der Waals surface area (Å²) in [5, 5.41) is 3.16. The van der Waals surface area contributed by atoms with Gasteiger partial charge in [-0.2, -0.15) is 0 Å². The number of rotatable bonds is 5. The van der Waals surface area contributed by atoms with Gasteiger partial charge in [-0.05, 0) is 44.1 Å². The highest BCUT2D eigenvalue weighted by Gasteiger charge is 2.58. The van der Waals surface area contributed by atoms with Crippen molar-refractivity contribution in [3.05, 3.63) is 29.6 Å². The van der Waals surface area contributed by atoms with Gasteiger partial charge in [0, 0.05) is 25.0 Å². The van der Waals surface area contributed by atoms with Crippen molar-refractivity contribution < 1.29 is 9.59 Å². The molecule has 0 radical (unpaired) electrons. The van der Waals surface area contributed by atoms with Crippen molar-refractivity contribution >= 4 is 17.8 Å². The number of nitrogens with zero attached hydrogens (tertiary/aromatic N) is 3. The first-order chi connectivity index (χ1) is 11.6. The number of carbonyl (C=O) groups excluding carboxylic acids is 2. The first kappa shape index (κ1) is 15.3. The minimum Gasteiger partial charge on any atom is -0.354 e. The van der Waals surface area contributed by atoms with Gasteiger partial charge in [-0.25, -0.2) is 9.97 Å². The fourth-order valence-corrected chi connectivity index (χ4v) is 4.23. The molecule has 2 fully saturated rings. The molecule has 3 aliphatic rings. The highest BCUT2D eigenvalue weighted by molar-refractivity contribution is 6.06. The largest absolute Gasteiger partial charge is 0.354 e. The Hall–Kier alpha value is -2.24. The number of anilines is 1. The Kier molecular flexibility index (Phi) is 3.62. The van der Waals surface area contributed by atoms with Gasteiger partial charge in [0.25, 0.3) is 0 Å². The molecule has 0 unspecified atom stereocenters. The zero-order chi connectivity index (χ0) is 16.8. The van der Waals surface area contributed by atoms with E-state index in [1.807, 2.05) is 13.8 Å². The summed E-state index contributed by atoms with van der Waals surface area (Å²) < 4.78 is 0. The van der Waals surface area contributed by atoms with Crippen LogP contribution in [0.5, 0.6) is 0 Å². The molecular formula is C18H22N4O2. The van der Waals surface area contributed by atoms with Gasteiger partial charge in [0.2, 0.25) is 17.8 Å². The maximum Gasteiger partial charge on any atom is 0.233 e. The molecule has 0 aromatic carbocycles. The molecule has 126 valence electrons. The number of nitrogens with one attached hydrogen (secondary N) is 1. The molecule has 6 heteroatoms. The van der Waals surface area contributed by atoms with Crippen molar-refractivity contribution in [3.63, 3.8) is 0 Å². The van der Waals surface area contributed by atoms with Crippen LogP contribution in [0, 0.1) is 37.5 Å². The maximum absolute atomic E-state index is 12.6. The number of amides is 2. The lowest BCUT2D eigenvalue weighted by Gasteiger charge is -2.17. The Morgan fingerprint density at radius 2 is 1.83 bits per heavy atom. The van der Waals surface area contributed by atoms with Crippen molar-refractivity contribution in [1.82, 2.24) is 14.9 Å². The van der Waals surface area contributed by atoms with Crippen LogP contribution in [0.25, 0.3) is 0 Å². The summed E-state index contributed by atoms with van der Waals surface area (Å²) in [6.07, 6.45) is 7.72. The summed E-state index contributed by atoms with van der Waals surface area (Å²) in [5.41, 5.74) is 2.01. The van der Waals surface area contributed by atoms with E-state index in [0.717, 1.165) is 17.7 Å². The van der Waals surface area contributed by atoms with Crippen LogP contribution < -0.4 is 5.32 Å². The van der Waals surface area contributed by atoms with Crippen LogP contribution in [-0.4, -0.2) is 39.8 Å². The van der Waals surface area contributed by atoms with Crippen molar-refractivity contribution in [2.75, 3.05) is 18.4 Å². The molecule has 1 N–H and O–H groups in total. The fraction of sp³-hybridized carbons (Fsp3) is 0.556. The SMILES string of the molecule is Cc1cnc(NCCCN2C(=O)[C@H]3[C@H](C2=O)[C@H]2C=C[C@H]3C2)nc1C. The summed E-state index contributed by atoms with van der Waals surface area (Å²) >= 11 is 0. The minimum absolute atomic E-state index is 0.0317. The quantitative estimate of drug-likeness (QED) is 0.506. The molecule has 2 bridgehead atoms. The van der Waals surface area contributed by atoms with Gasteiger partial charge < -0.3 is 5.32 Å². The number of hydrogen-bond donors (Lipinski definition) is 1. The third-order valence-corrected chi connectivity index (χ3v) is 5.63. The number of imide groups is 1. The van der Waals surface area contributed by atoms with Gasteiger partial charge in [-0.1, -0.05) is 12.2 Å². The van der Waals surface area contributed by atoms with Crippen LogP contribution in [0.1, 0.15) is 24.1 Å². The summed E-state index contributed by atoms with van der Waals surface area (Å²) in [7, 11) is 0. The van der Waals surface area contributed by atoms with Gasteiger partial charge in [-0.15, -0.1) is 0 Å². The number of aromatic nitrogens is 2. The molecule has 1 aliphatic heterocycles. The van der Waals surface area contributed by atoms with Gasteiger partial charge in [-0.3, -0.25) is 14.5 Å². The van der Waals surface area contributed by atoms with Crippen LogP contribution in [0.4, 0.5) is 5.95 Å². The fourth-order valence-electron chi connectivity index (χ4n) is 4.23. The summed E-state index contributed by atoms with van der Waals surface area (Å²) in [5.74, 6) is 1.03. The molecule has 24 heavy (non-hydrogen) atoms. The smallest absolute Gasteiger partial charge is 0.233 e. The number of fused-ring (bicyclic) bond motifs is 5. The van der Waals surface area contributed by atoms with Crippen LogP contribution in [0.2, 0.25) is 0 Å². The van der Waals surface area contributed by atoms with Gasteiger partial charge in [0.15, 0.2) is 0 Å². The second-order valence-electron chi connectivity index (χ2n) is 7.07. The molecule has 4 atom stereocenters. The topological polar surface area (TPSA) is 75.2 Å². The molecule has 2 heterocycles. The Bertz CT molecular complexity index is 700. The Balaban J connectivity index is 1.31. The van der Waals surface area contributed by atoms with Crippen molar-refractivity contribution in [1.29, 1.82) is 0 Å². The second-order valence-corrected chi connectivity index (χ2v) is 7.07. The van der Waals surface area contributed by atoms with E-state index in [-0.39, 0.29) is 35.5 Å². The van der Waals surface area contributed by atoms with Crippen LogP contribution in [0.15, 0.2) is 18.3 Å². The molecular weight excluding hydrogens is 304 g/mol. The molecule has 1 aromatic heterocycles. The van der Waals surface area contributed by atoms with Crippen LogP contribution >= 0.6 is 0 Å². The maximum atomic E-state index is 12.6. The lowest BCUT2D eigenvalue weighted by Crippen LogP contribution is -2.34. The lowest BCUT2D eigenvalue weighted by atomic mass is 9.85. The number of aryl methyl sites for hydroxylation is 2. The molecule has 4 rings (SSSR count). The van der Waals surface area contributed by atoms with Gasteiger partial charge >= 0.3 is 0 Å². The van der Waals surface area contributed by atoms with E-state index in [2.05, 4.69) is 27.4 Å². The standard InChI is InChI=1S/C18H22N4O2/c1-10-9-20-18(21-11(10)2)19-6-3-7-22-16(23)14-12-4-5-13(8-12)15(14)17(22)24/h4-5,9,12-15H,3,6-8H2,1-2H3,(H,19,20,21)/t12-,13-,14+,15+/m0/s1. The third kappa shape index (κ3) is 2.32. The van der Waals surface area contributed by atoms with Crippen molar-refractivity contribution in [3.8, 4) is 0 Å². The molecule has 1 saturated heterocycles. The predicted octanol–water partition coefficient (Wildman–Crippen LogP) is 1.70. The second kappa shape index (κ2) is 5.69. The zero-order valence-corrected chi connectivity index (χ0v) is 14.0. The van der Waals surface area contributed by atoms with Gasteiger partial charge in [0.05, 0.1) is 11.8 Å². The first-order valence-electron chi connectivity index (χ1n) is 8.64. The van der Waals surface area contributed by atoms with E-state index in [9.17, 15) is 9.59 Å². The van der Waals surface area contributed by atoms with Crippen molar-refractivity contribution in [2.45, 2.75) is 26.7 Å². The Morgan fingerprint density at radius 1 is 1.17 bits per heavy atom. The lowest BCUT2D eigenvalue weighted by molar-refractivity contribution is -0.140. The summed E-state index contributed by atoms with van der Waals surface area (Å²) in [4.78, 5) is 35.2. The number of carbonyl (C=O) groups is 2. The van der Waals surface area contributed by atoms with E-state index in [0.29, 0.717) is 25.5 Å². The third-order valence-electron chi connectivity index (χ3n) is 5.63. The number of allylic oxidation sites excluding steroid dienone is 2. The van der Waals surface area contributed by atoms with E-state index < -0.39 is 0 Å². The van der Waals surface area contributed by atoms with E-state index in [4.69, 9.17) is 0 Å². The zero-order valence-electron chi connectivity index (χ0n) is 14.0. The average molecular weight is 326 g/mol. The monoisotopic (exact) mass is 326 g/mol. The van der Waals surface area contributed by atoms with Crippen LogP contribution in [0.3, 0.4) is 0 Å².